The van der Waals surface area contributed by atoms with Crippen molar-refractivity contribution < 1.29 is 19.4 Å². The largest absolute Gasteiger partial charge is 0.486 e. The van der Waals surface area contributed by atoms with Gasteiger partial charge in [0.15, 0.2) is 5.01 Å². The zero-order chi connectivity index (χ0) is 19.3. The molecule has 2 heterocycles. The van der Waals surface area contributed by atoms with Crippen LogP contribution in [0.5, 0.6) is 5.06 Å². The average molecular weight is 373 g/mol. The molecule has 3 rings (SSSR count). The number of amides is 2. The second-order valence-electron chi connectivity index (χ2n) is 5.51. The monoisotopic (exact) mass is 373 g/mol. The number of terminal acetylenes is 1. The second kappa shape index (κ2) is 8.47. The Bertz CT molecular complexity index is 844. The Kier molecular flexibility index (Phi) is 6.33. The fraction of sp³-hybridized carbons (Fsp3) is 0.278. The zero-order valence-corrected chi connectivity index (χ0v) is 15.2. The highest BCUT2D eigenvalue weighted by atomic mass is 32.1. The van der Waals surface area contributed by atoms with E-state index >= 15 is 0 Å². The Hall–Kier alpha value is -2.89. The van der Waals surface area contributed by atoms with Gasteiger partial charge in [-0.1, -0.05) is 29.4 Å². The van der Waals surface area contributed by atoms with Crippen LogP contribution in [0.25, 0.3) is 11.3 Å². The molecule has 3 N–H and O–H groups in total. The lowest BCUT2D eigenvalue weighted by Gasteiger charge is -2.04. The van der Waals surface area contributed by atoms with Crippen molar-refractivity contribution in [1.29, 1.82) is 0 Å². The number of aliphatic hydroxyl groups is 1. The minimum atomic E-state index is -0.722. The molecule has 0 saturated carbocycles. The van der Waals surface area contributed by atoms with Crippen molar-refractivity contribution in [1.82, 2.24) is 9.88 Å². The summed E-state index contributed by atoms with van der Waals surface area (Å²) in [6.45, 7) is 0.694. The number of nitrogens with zero attached hydrogens (tertiary/aromatic N) is 2. The van der Waals surface area contributed by atoms with Gasteiger partial charge in [0.1, 0.15) is 11.8 Å². The van der Waals surface area contributed by atoms with Gasteiger partial charge in [0, 0.05) is 24.7 Å². The smallest absolute Gasteiger partial charge is 0.277 e. The van der Waals surface area contributed by atoms with Crippen molar-refractivity contribution in [2.24, 2.45) is 5.73 Å². The molecule has 0 radical (unpaired) electrons. The molecule has 0 aliphatic carbocycles. The van der Waals surface area contributed by atoms with Gasteiger partial charge in [-0.15, -0.1) is 6.42 Å². The number of ether oxygens (including phenoxy) is 1. The quantitative estimate of drug-likeness (QED) is 0.784. The van der Waals surface area contributed by atoms with E-state index in [1.165, 1.54) is 12.0 Å². The Labute approximate surface area is 155 Å². The van der Waals surface area contributed by atoms with Crippen LogP contribution < -0.4 is 10.5 Å². The predicted octanol–water partition coefficient (Wildman–Crippen LogP) is 1.11. The Balaban J connectivity index is 0.000000254. The molecule has 1 fully saturated rings. The van der Waals surface area contributed by atoms with Gasteiger partial charge in [-0.2, -0.15) is 0 Å². The first-order valence-corrected chi connectivity index (χ1v) is 8.53. The summed E-state index contributed by atoms with van der Waals surface area (Å²) in [4.78, 5) is 27.4. The van der Waals surface area contributed by atoms with Crippen molar-refractivity contribution in [3.8, 4) is 28.7 Å². The highest BCUT2D eigenvalue weighted by Gasteiger charge is 2.26. The third-order valence-corrected chi connectivity index (χ3v) is 4.73. The SMILES string of the molecule is C#Cc1cccc(-c2nc(C(N)=O)sc2OC)c1.CN1CCC(O)C1=O. The van der Waals surface area contributed by atoms with E-state index in [4.69, 9.17) is 22.0 Å². The molecular weight excluding hydrogens is 354 g/mol. The summed E-state index contributed by atoms with van der Waals surface area (Å²) >= 11 is 1.12. The summed E-state index contributed by atoms with van der Waals surface area (Å²) in [5, 5.41) is 9.53. The fourth-order valence-corrected chi connectivity index (χ4v) is 3.05. The molecule has 26 heavy (non-hydrogen) atoms. The van der Waals surface area contributed by atoms with Crippen LogP contribution in [-0.2, 0) is 4.79 Å². The Morgan fingerprint density at radius 3 is 2.73 bits per heavy atom. The number of hydrogen-bond donors (Lipinski definition) is 2. The highest BCUT2D eigenvalue weighted by Crippen LogP contribution is 2.35. The number of carbonyl (C=O) groups excluding carboxylic acids is 2. The molecule has 1 saturated heterocycles. The number of rotatable bonds is 3. The predicted molar refractivity (Wildman–Crippen MR) is 98.8 cm³/mol. The lowest BCUT2D eigenvalue weighted by Crippen LogP contribution is -2.24. The molecule has 0 bridgehead atoms. The number of likely N-dealkylation sites (tertiary alicyclic amines) is 1. The topological polar surface area (TPSA) is 106 Å². The summed E-state index contributed by atoms with van der Waals surface area (Å²) in [5.41, 5.74) is 7.32. The molecule has 2 aromatic rings. The van der Waals surface area contributed by atoms with E-state index in [1.807, 2.05) is 24.3 Å². The van der Waals surface area contributed by atoms with Crippen molar-refractivity contribution in [3.63, 3.8) is 0 Å². The molecular formula is C18H19N3O4S. The van der Waals surface area contributed by atoms with Gasteiger partial charge in [0.25, 0.3) is 11.8 Å². The summed E-state index contributed by atoms with van der Waals surface area (Å²) in [6.07, 6.45) is 5.22. The molecule has 1 aliphatic heterocycles. The number of thiazole rings is 1. The van der Waals surface area contributed by atoms with Gasteiger partial charge in [0.05, 0.1) is 7.11 Å². The molecule has 8 heteroatoms. The lowest BCUT2D eigenvalue weighted by molar-refractivity contribution is -0.133. The molecule has 1 aliphatic rings. The summed E-state index contributed by atoms with van der Waals surface area (Å²) in [6, 6.07) is 7.30. The van der Waals surface area contributed by atoms with Gasteiger partial charge < -0.3 is 20.5 Å². The molecule has 1 unspecified atom stereocenters. The number of methoxy groups -OCH3 is 1. The first kappa shape index (κ1) is 19.4. The van der Waals surface area contributed by atoms with Crippen LogP contribution in [0.1, 0.15) is 21.8 Å². The number of aliphatic hydroxyl groups excluding tert-OH is 1. The van der Waals surface area contributed by atoms with E-state index in [9.17, 15) is 9.59 Å². The number of nitrogens with two attached hydrogens (primary N) is 1. The third-order valence-electron chi connectivity index (χ3n) is 3.69. The maximum absolute atomic E-state index is 11.1. The van der Waals surface area contributed by atoms with E-state index in [1.54, 1.807) is 7.05 Å². The van der Waals surface area contributed by atoms with E-state index in [0.717, 1.165) is 22.5 Å². The highest BCUT2D eigenvalue weighted by molar-refractivity contribution is 7.15. The van der Waals surface area contributed by atoms with E-state index in [0.29, 0.717) is 23.7 Å². The molecule has 0 spiro atoms. The van der Waals surface area contributed by atoms with Crippen LogP contribution in [0, 0.1) is 12.3 Å². The standard InChI is InChI=1S/C13H10N2O2S.C5H9NO2/c1-3-8-5-4-6-9(7-8)10-13(17-2)18-12(15-10)11(14)16;1-6-3-2-4(7)5(6)8/h1,4-7H,2H3,(H2,14,16);4,7H,2-3H2,1H3. The van der Waals surface area contributed by atoms with E-state index in [-0.39, 0.29) is 10.9 Å². The number of aromatic nitrogens is 1. The molecule has 1 aromatic heterocycles. The summed E-state index contributed by atoms with van der Waals surface area (Å²) in [7, 11) is 3.21. The maximum atomic E-state index is 11.1. The number of carbonyl (C=O) groups is 2. The van der Waals surface area contributed by atoms with E-state index < -0.39 is 12.0 Å². The van der Waals surface area contributed by atoms with Crippen LogP contribution >= 0.6 is 11.3 Å². The number of likely N-dealkylation sites (N-methyl/N-ethyl adjacent to an activating group) is 1. The molecule has 1 atom stereocenters. The number of benzene rings is 1. The minimum absolute atomic E-state index is 0.148. The fourth-order valence-electron chi connectivity index (χ4n) is 2.29. The molecule has 136 valence electrons. The van der Waals surface area contributed by atoms with Gasteiger partial charge in [-0.25, -0.2) is 4.98 Å². The second-order valence-corrected chi connectivity index (χ2v) is 6.47. The normalized spacial score (nSPS) is 15.8. The van der Waals surface area contributed by atoms with Gasteiger partial charge in [0.2, 0.25) is 5.06 Å². The summed E-state index contributed by atoms with van der Waals surface area (Å²) < 4.78 is 5.20. The average Bonchev–Trinajstić information content (AvgIpc) is 3.21. The van der Waals surface area contributed by atoms with Crippen LogP contribution in [0.15, 0.2) is 24.3 Å². The number of hydrogen-bond acceptors (Lipinski definition) is 6. The van der Waals surface area contributed by atoms with Crippen molar-refractivity contribution in [3.05, 3.63) is 34.8 Å². The van der Waals surface area contributed by atoms with Crippen LogP contribution in [-0.4, -0.2) is 53.6 Å². The molecule has 1 aromatic carbocycles. The van der Waals surface area contributed by atoms with Gasteiger partial charge in [-0.3, -0.25) is 9.59 Å². The van der Waals surface area contributed by atoms with Crippen molar-refractivity contribution >= 4 is 23.2 Å². The molecule has 2 amide bonds. The lowest BCUT2D eigenvalue weighted by atomic mass is 10.1. The number of primary amides is 1. The third kappa shape index (κ3) is 4.39. The Morgan fingerprint density at radius 2 is 2.27 bits per heavy atom. The van der Waals surface area contributed by atoms with Crippen molar-refractivity contribution in [2.45, 2.75) is 12.5 Å². The van der Waals surface area contributed by atoms with Crippen LogP contribution in [0.2, 0.25) is 0 Å². The zero-order valence-electron chi connectivity index (χ0n) is 14.4. The van der Waals surface area contributed by atoms with Crippen LogP contribution in [0.4, 0.5) is 0 Å². The Morgan fingerprint density at radius 1 is 1.54 bits per heavy atom. The first-order valence-electron chi connectivity index (χ1n) is 7.72. The van der Waals surface area contributed by atoms with Gasteiger partial charge in [-0.05, 0) is 18.6 Å². The minimum Gasteiger partial charge on any atom is -0.486 e. The first-order chi connectivity index (χ1) is 12.4. The van der Waals surface area contributed by atoms with Crippen molar-refractivity contribution in [2.75, 3.05) is 20.7 Å². The summed E-state index contributed by atoms with van der Waals surface area (Å²) in [5.74, 6) is 1.83. The van der Waals surface area contributed by atoms with Gasteiger partial charge >= 0.3 is 0 Å². The molecule has 7 nitrogen and oxygen atoms in total. The maximum Gasteiger partial charge on any atom is 0.277 e. The van der Waals surface area contributed by atoms with Crippen LogP contribution in [0.3, 0.4) is 0 Å². The van der Waals surface area contributed by atoms with E-state index in [2.05, 4.69) is 10.9 Å².